The van der Waals surface area contributed by atoms with E-state index in [9.17, 15) is 9.59 Å². The third kappa shape index (κ3) is 5.86. The van der Waals surface area contributed by atoms with Crippen molar-refractivity contribution < 1.29 is 14.3 Å². The lowest BCUT2D eigenvalue weighted by molar-refractivity contribution is -0.113. The number of carbonyl (C=O) groups excluding carboxylic acids is 2. The molecule has 0 radical (unpaired) electrons. The fraction of sp³-hybridized carbons (Fsp3) is 0.238. The van der Waals surface area contributed by atoms with Crippen molar-refractivity contribution in [1.82, 2.24) is 20.1 Å². The van der Waals surface area contributed by atoms with E-state index in [0.29, 0.717) is 28.0 Å². The molecular weight excluding hydrogens is 482 g/mol. The lowest BCUT2D eigenvalue weighted by Gasteiger charge is -2.14. The molecule has 1 aromatic heterocycles. The Morgan fingerprint density at radius 3 is 2.71 bits per heavy atom. The van der Waals surface area contributed by atoms with Crippen LogP contribution in [0.15, 0.2) is 58.2 Å². The molecule has 2 N–H and O–H groups in total. The van der Waals surface area contributed by atoms with Crippen LogP contribution in [0.4, 0.5) is 5.69 Å². The maximum Gasteiger partial charge on any atom is 0.253 e. The Bertz CT molecular complexity index is 1090. The van der Waals surface area contributed by atoms with E-state index in [-0.39, 0.29) is 23.6 Å². The number of amides is 2. The van der Waals surface area contributed by atoms with Crippen molar-refractivity contribution in [3.63, 3.8) is 0 Å². The molecule has 0 bridgehead atoms. The standard InChI is InChI=1S/C21H22BrN5O3S/c1-13(23-20(29)16-9-4-5-10-17(16)22)19-25-26-21(27(19)2)31-12-18(28)24-14-7-6-8-15(11-14)30-3/h4-11,13H,12H2,1-3H3,(H,23,29)(H,24,28)/t13-/m1/s1. The van der Waals surface area contributed by atoms with Gasteiger partial charge in [-0.05, 0) is 47.1 Å². The molecule has 0 unspecified atom stereocenters. The van der Waals surface area contributed by atoms with E-state index in [0.717, 1.165) is 4.47 Å². The van der Waals surface area contributed by atoms with E-state index in [2.05, 4.69) is 36.8 Å². The van der Waals surface area contributed by atoms with Crippen LogP contribution in [0.25, 0.3) is 0 Å². The molecule has 31 heavy (non-hydrogen) atoms. The second-order valence-electron chi connectivity index (χ2n) is 6.64. The van der Waals surface area contributed by atoms with Gasteiger partial charge in [0.2, 0.25) is 5.91 Å². The zero-order valence-electron chi connectivity index (χ0n) is 17.3. The molecule has 10 heteroatoms. The van der Waals surface area contributed by atoms with Gasteiger partial charge < -0.3 is 19.9 Å². The fourth-order valence-corrected chi connectivity index (χ4v) is 4.02. The van der Waals surface area contributed by atoms with Crippen LogP contribution in [0.2, 0.25) is 0 Å². The predicted octanol–water partition coefficient (Wildman–Crippen LogP) is 3.81. The van der Waals surface area contributed by atoms with Gasteiger partial charge in [-0.3, -0.25) is 9.59 Å². The van der Waals surface area contributed by atoms with Crippen LogP contribution in [-0.4, -0.2) is 39.4 Å². The molecule has 3 aromatic rings. The van der Waals surface area contributed by atoms with Gasteiger partial charge in [0, 0.05) is 23.3 Å². The number of methoxy groups -OCH3 is 1. The number of thioether (sulfide) groups is 1. The monoisotopic (exact) mass is 503 g/mol. The molecule has 1 heterocycles. The van der Waals surface area contributed by atoms with Crippen LogP contribution in [0.1, 0.15) is 29.1 Å². The smallest absolute Gasteiger partial charge is 0.253 e. The summed E-state index contributed by atoms with van der Waals surface area (Å²) in [4.78, 5) is 24.8. The Hall–Kier alpha value is -2.85. The molecule has 0 aliphatic carbocycles. The summed E-state index contributed by atoms with van der Waals surface area (Å²) < 4.78 is 7.65. The van der Waals surface area contributed by atoms with Crippen LogP contribution in [-0.2, 0) is 11.8 Å². The van der Waals surface area contributed by atoms with E-state index in [1.165, 1.54) is 11.8 Å². The van der Waals surface area contributed by atoms with Crippen molar-refractivity contribution in [2.24, 2.45) is 7.05 Å². The highest BCUT2D eigenvalue weighted by Crippen LogP contribution is 2.22. The van der Waals surface area contributed by atoms with Gasteiger partial charge >= 0.3 is 0 Å². The van der Waals surface area contributed by atoms with Crippen LogP contribution < -0.4 is 15.4 Å². The molecule has 0 aliphatic rings. The van der Waals surface area contributed by atoms with Crippen molar-refractivity contribution in [3.05, 3.63) is 64.4 Å². The van der Waals surface area contributed by atoms with E-state index in [1.807, 2.05) is 25.1 Å². The molecule has 2 amide bonds. The van der Waals surface area contributed by atoms with Gasteiger partial charge in [-0.15, -0.1) is 10.2 Å². The topological polar surface area (TPSA) is 98.1 Å². The number of nitrogens with one attached hydrogen (secondary N) is 2. The quantitative estimate of drug-likeness (QED) is 0.453. The van der Waals surface area contributed by atoms with Crippen LogP contribution in [0.3, 0.4) is 0 Å². The zero-order chi connectivity index (χ0) is 22.4. The lowest BCUT2D eigenvalue weighted by atomic mass is 10.2. The van der Waals surface area contributed by atoms with E-state index < -0.39 is 0 Å². The molecular formula is C21H22BrN5O3S. The molecule has 0 saturated carbocycles. The Morgan fingerprint density at radius 1 is 1.19 bits per heavy atom. The summed E-state index contributed by atoms with van der Waals surface area (Å²) >= 11 is 4.65. The first-order valence-corrected chi connectivity index (χ1v) is 11.2. The molecule has 0 spiro atoms. The Kier molecular flexibility index (Phi) is 7.69. The predicted molar refractivity (Wildman–Crippen MR) is 123 cm³/mol. The highest BCUT2D eigenvalue weighted by molar-refractivity contribution is 9.10. The second-order valence-corrected chi connectivity index (χ2v) is 8.44. The summed E-state index contributed by atoms with van der Waals surface area (Å²) in [5, 5.41) is 14.7. The second kappa shape index (κ2) is 10.5. The third-order valence-corrected chi connectivity index (χ3v) is 6.12. The number of hydrogen-bond acceptors (Lipinski definition) is 6. The maximum absolute atomic E-state index is 12.5. The molecule has 0 saturated heterocycles. The van der Waals surface area contributed by atoms with E-state index in [4.69, 9.17) is 4.74 Å². The van der Waals surface area contributed by atoms with Crippen molar-refractivity contribution >= 4 is 45.2 Å². The first-order valence-electron chi connectivity index (χ1n) is 9.40. The number of benzene rings is 2. The van der Waals surface area contributed by atoms with Gasteiger partial charge in [0.25, 0.3) is 5.91 Å². The van der Waals surface area contributed by atoms with Crippen LogP contribution >= 0.6 is 27.7 Å². The summed E-state index contributed by atoms with van der Waals surface area (Å²) in [7, 11) is 3.38. The summed E-state index contributed by atoms with van der Waals surface area (Å²) in [6.07, 6.45) is 0. The number of hydrogen-bond donors (Lipinski definition) is 2. The Labute approximate surface area is 192 Å². The summed E-state index contributed by atoms with van der Waals surface area (Å²) in [6.45, 7) is 1.84. The van der Waals surface area contributed by atoms with Crippen molar-refractivity contribution in [2.45, 2.75) is 18.1 Å². The minimum Gasteiger partial charge on any atom is -0.497 e. The number of carbonyl (C=O) groups is 2. The van der Waals surface area contributed by atoms with Gasteiger partial charge in [-0.25, -0.2) is 0 Å². The lowest BCUT2D eigenvalue weighted by Crippen LogP contribution is -2.28. The van der Waals surface area contributed by atoms with E-state index in [1.54, 1.807) is 49.1 Å². The SMILES string of the molecule is COc1cccc(NC(=O)CSc2nnc([C@@H](C)NC(=O)c3ccccc3Br)n2C)c1. The molecule has 3 rings (SSSR count). The molecule has 0 fully saturated rings. The molecule has 162 valence electrons. The average Bonchev–Trinajstić information content (AvgIpc) is 3.13. The molecule has 8 nitrogen and oxygen atoms in total. The first-order chi connectivity index (χ1) is 14.9. The number of nitrogens with zero attached hydrogens (tertiary/aromatic N) is 3. The summed E-state index contributed by atoms with van der Waals surface area (Å²) in [5.74, 6) is 1.05. The first kappa shape index (κ1) is 22.8. The van der Waals surface area contributed by atoms with E-state index >= 15 is 0 Å². The average molecular weight is 504 g/mol. The van der Waals surface area contributed by atoms with Gasteiger partial charge in [0.05, 0.1) is 24.5 Å². The normalized spacial score (nSPS) is 11.6. The highest BCUT2D eigenvalue weighted by atomic mass is 79.9. The number of anilines is 1. The van der Waals surface area contributed by atoms with Gasteiger partial charge in [-0.2, -0.15) is 0 Å². The molecule has 2 aromatic carbocycles. The minimum atomic E-state index is -0.364. The highest BCUT2D eigenvalue weighted by Gasteiger charge is 2.20. The van der Waals surface area contributed by atoms with Gasteiger partial charge in [0.15, 0.2) is 11.0 Å². The van der Waals surface area contributed by atoms with Crippen LogP contribution in [0, 0.1) is 0 Å². The number of rotatable bonds is 8. The zero-order valence-corrected chi connectivity index (χ0v) is 19.7. The van der Waals surface area contributed by atoms with Crippen molar-refractivity contribution in [2.75, 3.05) is 18.2 Å². The number of ether oxygens (including phenoxy) is 1. The summed E-state index contributed by atoms with van der Waals surface area (Å²) in [5.41, 5.74) is 1.20. The minimum absolute atomic E-state index is 0.168. The number of halogens is 1. The molecule has 1 atom stereocenters. The Balaban J connectivity index is 1.58. The number of aromatic nitrogens is 3. The van der Waals surface area contributed by atoms with Crippen molar-refractivity contribution in [3.8, 4) is 5.75 Å². The fourth-order valence-electron chi connectivity index (χ4n) is 2.84. The largest absolute Gasteiger partial charge is 0.497 e. The van der Waals surface area contributed by atoms with Crippen molar-refractivity contribution in [1.29, 1.82) is 0 Å². The summed E-state index contributed by atoms with van der Waals surface area (Å²) in [6, 6.07) is 14.0. The van der Waals surface area contributed by atoms with Gasteiger partial charge in [0.1, 0.15) is 5.75 Å². The molecule has 0 aliphatic heterocycles. The van der Waals surface area contributed by atoms with Crippen LogP contribution in [0.5, 0.6) is 5.75 Å². The Morgan fingerprint density at radius 2 is 1.97 bits per heavy atom. The van der Waals surface area contributed by atoms with Gasteiger partial charge in [-0.1, -0.05) is 30.0 Å². The maximum atomic E-state index is 12.5. The third-order valence-electron chi connectivity index (χ3n) is 4.41.